The Balaban J connectivity index is 2.99. The number of carbonyl (C=O) groups is 2. The molecule has 0 aromatic carbocycles. The number of ether oxygens (including phenoxy) is 1. The molecule has 1 saturated carbocycles. The van der Waals surface area contributed by atoms with E-state index in [9.17, 15) is 9.59 Å². The van der Waals surface area contributed by atoms with Gasteiger partial charge in [0, 0.05) is 12.3 Å². The lowest BCUT2D eigenvalue weighted by atomic mass is 9.91. The summed E-state index contributed by atoms with van der Waals surface area (Å²) in [6.07, 6.45) is 2.43. The third-order valence-electron chi connectivity index (χ3n) is 4.80. The van der Waals surface area contributed by atoms with Crippen LogP contribution in [0.3, 0.4) is 0 Å². The summed E-state index contributed by atoms with van der Waals surface area (Å²) in [6.45, 7) is 14.6. The number of esters is 1. The van der Waals surface area contributed by atoms with Gasteiger partial charge in [0.15, 0.2) is 8.32 Å². The van der Waals surface area contributed by atoms with Gasteiger partial charge in [-0.1, -0.05) is 26.8 Å². The smallest absolute Gasteiger partial charge is 0.316 e. The van der Waals surface area contributed by atoms with Crippen LogP contribution in [0.15, 0.2) is 12.7 Å². The lowest BCUT2D eigenvalue weighted by molar-refractivity contribution is -0.150. The molecule has 0 bridgehead atoms. The molecule has 4 nitrogen and oxygen atoms in total. The van der Waals surface area contributed by atoms with Crippen molar-refractivity contribution < 1.29 is 18.8 Å². The minimum absolute atomic E-state index is 0.0676. The van der Waals surface area contributed by atoms with Gasteiger partial charge < -0.3 is 9.16 Å². The normalized spacial score (nSPS) is 26.8. The summed E-state index contributed by atoms with van der Waals surface area (Å²) in [6, 6.07) is 0. The molecule has 5 heteroatoms. The molecule has 0 unspecified atom stereocenters. The fourth-order valence-electron chi connectivity index (χ4n) is 2.53. The van der Waals surface area contributed by atoms with Crippen LogP contribution in [-0.4, -0.2) is 33.3 Å². The SMILES string of the molecule is C=CC[C@H]1[C@H](C(=O)OC)C(=O)C[C@@H]1O[Si](C)(C)C(C)(C)C. The Morgan fingerprint density at radius 1 is 1.43 bits per heavy atom. The third kappa shape index (κ3) is 3.83. The zero-order chi connectivity index (χ0) is 16.4. The van der Waals surface area contributed by atoms with Crippen molar-refractivity contribution in [3.63, 3.8) is 0 Å². The van der Waals surface area contributed by atoms with Crippen molar-refractivity contribution in [2.45, 2.75) is 57.8 Å². The average molecular weight is 312 g/mol. The van der Waals surface area contributed by atoms with Crippen LogP contribution < -0.4 is 0 Å². The van der Waals surface area contributed by atoms with Crippen LogP contribution in [0, 0.1) is 11.8 Å². The van der Waals surface area contributed by atoms with Crippen molar-refractivity contribution in [3.8, 4) is 0 Å². The molecule has 1 aliphatic rings. The van der Waals surface area contributed by atoms with E-state index in [4.69, 9.17) is 9.16 Å². The van der Waals surface area contributed by atoms with Crippen molar-refractivity contribution in [1.82, 2.24) is 0 Å². The van der Waals surface area contributed by atoms with Crippen molar-refractivity contribution in [3.05, 3.63) is 12.7 Å². The van der Waals surface area contributed by atoms with Crippen LogP contribution in [0.4, 0.5) is 0 Å². The number of hydrogen-bond acceptors (Lipinski definition) is 4. The fraction of sp³-hybridized carbons (Fsp3) is 0.750. The Hall–Kier alpha value is -0.943. The number of Topliss-reactive ketones (excluding diaryl/α,β-unsaturated/α-hetero) is 1. The zero-order valence-corrected chi connectivity index (χ0v) is 15.1. The maximum atomic E-state index is 12.2. The number of hydrogen-bond donors (Lipinski definition) is 0. The minimum Gasteiger partial charge on any atom is -0.468 e. The van der Waals surface area contributed by atoms with Gasteiger partial charge in [0.25, 0.3) is 0 Å². The summed E-state index contributed by atoms with van der Waals surface area (Å²) < 4.78 is 11.2. The Labute approximate surface area is 129 Å². The molecule has 0 amide bonds. The summed E-state index contributed by atoms with van der Waals surface area (Å²) in [5, 5.41) is 0.0676. The first-order valence-electron chi connectivity index (χ1n) is 7.44. The van der Waals surface area contributed by atoms with E-state index in [0.29, 0.717) is 12.8 Å². The highest BCUT2D eigenvalue weighted by molar-refractivity contribution is 6.74. The Bertz CT molecular complexity index is 422. The molecule has 1 aliphatic carbocycles. The molecule has 0 aliphatic heterocycles. The highest BCUT2D eigenvalue weighted by Crippen LogP contribution is 2.42. The largest absolute Gasteiger partial charge is 0.468 e. The molecule has 3 atom stereocenters. The van der Waals surface area contributed by atoms with E-state index in [0.717, 1.165) is 0 Å². The summed E-state index contributed by atoms with van der Waals surface area (Å²) in [7, 11) is -0.662. The first kappa shape index (κ1) is 18.1. The van der Waals surface area contributed by atoms with Crippen molar-refractivity contribution >= 4 is 20.1 Å². The molecular weight excluding hydrogens is 284 g/mol. The van der Waals surface area contributed by atoms with E-state index in [2.05, 4.69) is 40.4 Å². The van der Waals surface area contributed by atoms with Gasteiger partial charge in [-0.2, -0.15) is 0 Å². The highest BCUT2D eigenvalue weighted by atomic mass is 28.4. The molecule has 0 radical (unpaired) electrons. The highest BCUT2D eigenvalue weighted by Gasteiger charge is 2.50. The molecule has 21 heavy (non-hydrogen) atoms. The Kier molecular flexibility index (Phi) is 5.55. The van der Waals surface area contributed by atoms with Crippen LogP contribution in [0.25, 0.3) is 0 Å². The molecule has 0 aromatic heterocycles. The summed E-state index contributed by atoms with van der Waals surface area (Å²) >= 11 is 0. The van der Waals surface area contributed by atoms with Crippen molar-refractivity contribution in [2.75, 3.05) is 7.11 Å². The zero-order valence-electron chi connectivity index (χ0n) is 14.1. The molecule has 0 spiro atoms. The van der Waals surface area contributed by atoms with Crippen molar-refractivity contribution in [2.24, 2.45) is 11.8 Å². The topological polar surface area (TPSA) is 52.6 Å². The molecule has 0 saturated heterocycles. The van der Waals surface area contributed by atoms with E-state index in [1.54, 1.807) is 6.08 Å². The molecule has 0 N–H and O–H groups in total. The second kappa shape index (κ2) is 6.44. The molecule has 1 fully saturated rings. The van der Waals surface area contributed by atoms with Gasteiger partial charge in [0.1, 0.15) is 11.7 Å². The van der Waals surface area contributed by atoms with E-state index in [1.807, 2.05) is 0 Å². The second-order valence-corrected chi connectivity index (χ2v) is 12.0. The van der Waals surface area contributed by atoms with Gasteiger partial charge in [0.2, 0.25) is 0 Å². The van der Waals surface area contributed by atoms with E-state index >= 15 is 0 Å². The van der Waals surface area contributed by atoms with E-state index in [-0.39, 0.29) is 22.8 Å². The number of rotatable bonds is 5. The number of methoxy groups -OCH3 is 1. The minimum atomic E-state index is -1.98. The fourth-order valence-corrected chi connectivity index (χ4v) is 3.90. The Morgan fingerprint density at radius 2 is 2.00 bits per heavy atom. The van der Waals surface area contributed by atoms with Crippen molar-refractivity contribution in [1.29, 1.82) is 0 Å². The van der Waals surface area contributed by atoms with Crippen LogP contribution in [0.1, 0.15) is 33.6 Å². The Morgan fingerprint density at radius 3 is 2.43 bits per heavy atom. The summed E-state index contributed by atoms with van der Waals surface area (Å²) in [5.74, 6) is -1.38. The predicted octanol–water partition coefficient (Wildman–Crippen LogP) is 3.33. The van der Waals surface area contributed by atoms with Gasteiger partial charge in [-0.25, -0.2) is 0 Å². The maximum Gasteiger partial charge on any atom is 0.316 e. The lowest BCUT2D eigenvalue weighted by Crippen LogP contribution is -2.45. The van der Waals surface area contributed by atoms with Crippen LogP contribution >= 0.6 is 0 Å². The average Bonchev–Trinajstić information content (AvgIpc) is 2.63. The quantitative estimate of drug-likeness (QED) is 0.338. The predicted molar refractivity (Wildman–Crippen MR) is 85.5 cm³/mol. The van der Waals surface area contributed by atoms with Gasteiger partial charge in [0.05, 0.1) is 13.2 Å². The first-order valence-corrected chi connectivity index (χ1v) is 10.3. The second-order valence-electron chi connectivity index (χ2n) is 7.28. The van der Waals surface area contributed by atoms with Gasteiger partial charge in [-0.05, 0) is 24.6 Å². The van der Waals surface area contributed by atoms with E-state index < -0.39 is 20.2 Å². The maximum absolute atomic E-state index is 12.2. The molecule has 1 rings (SSSR count). The van der Waals surface area contributed by atoms with Crippen LogP contribution in [0.5, 0.6) is 0 Å². The molecule has 120 valence electrons. The number of ketones is 1. The molecule has 0 aromatic rings. The van der Waals surface area contributed by atoms with Gasteiger partial charge in [-0.15, -0.1) is 6.58 Å². The molecular formula is C16H28O4Si. The summed E-state index contributed by atoms with van der Waals surface area (Å²) in [4.78, 5) is 24.1. The lowest BCUT2D eigenvalue weighted by Gasteiger charge is -2.39. The monoisotopic (exact) mass is 312 g/mol. The van der Waals surface area contributed by atoms with Gasteiger partial charge in [-0.3, -0.25) is 9.59 Å². The van der Waals surface area contributed by atoms with E-state index in [1.165, 1.54) is 7.11 Å². The van der Waals surface area contributed by atoms with Gasteiger partial charge >= 0.3 is 5.97 Å². The van der Waals surface area contributed by atoms with Crippen LogP contribution in [0.2, 0.25) is 18.1 Å². The number of carbonyl (C=O) groups excluding carboxylic acids is 2. The third-order valence-corrected chi connectivity index (χ3v) is 9.31. The summed E-state index contributed by atoms with van der Waals surface area (Å²) in [5.41, 5.74) is 0. The standard InChI is InChI=1S/C16H28O4Si/c1-8-9-11-13(20-21(6,7)16(2,3)4)10-12(17)14(11)15(18)19-5/h8,11,13-14H,1,9-10H2,2-7H3/t11-,13+,14+/m1/s1. The number of allylic oxidation sites excluding steroid dienone is 1. The first-order chi connectivity index (χ1) is 9.55. The molecule has 0 heterocycles. The van der Waals surface area contributed by atoms with Crippen LogP contribution in [-0.2, 0) is 18.8 Å².